The molecule has 10 heavy (non-hydrogen) atoms. The van der Waals surface area contributed by atoms with Crippen LogP contribution in [0.4, 0.5) is 0 Å². The zero-order valence-electron chi connectivity index (χ0n) is 6.68. The second kappa shape index (κ2) is 5.05. The fraction of sp³-hybridized carbons (Fsp3) is 0.667. The van der Waals surface area contributed by atoms with Gasteiger partial charge in [-0.2, -0.15) is 0 Å². The summed E-state index contributed by atoms with van der Waals surface area (Å²) in [5, 5.41) is 0. The first kappa shape index (κ1) is 9.23. The normalized spacial score (nSPS) is 12.1. The molecule has 0 radical (unpaired) electrons. The summed E-state index contributed by atoms with van der Waals surface area (Å²) in [6.07, 6.45) is 7.66. The summed E-state index contributed by atoms with van der Waals surface area (Å²) in [4.78, 5) is 10.8. The van der Waals surface area contributed by atoms with Gasteiger partial charge in [0.15, 0.2) is 0 Å². The van der Waals surface area contributed by atoms with Gasteiger partial charge in [0, 0.05) is 12.3 Å². The minimum Gasteiger partial charge on any atom is -0.300 e. The quantitative estimate of drug-likeness (QED) is 0.543. The van der Waals surface area contributed by atoms with E-state index in [1.54, 1.807) is 6.92 Å². The Morgan fingerprint density at radius 2 is 2.30 bits per heavy atom. The van der Waals surface area contributed by atoms with E-state index in [-0.39, 0.29) is 11.7 Å². The third kappa shape index (κ3) is 3.29. The zero-order chi connectivity index (χ0) is 7.98. The Balaban J connectivity index is 3.75. The van der Waals surface area contributed by atoms with Gasteiger partial charge in [-0.05, 0) is 13.3 Å². The number of carbonyl (C=O) groups excluding carboxylic acids is 1. The van der Waals surface area contributed by atoms with Crippen LogP contribution in [0.25, 0.3) is 0 Å². The number of rotatable bonds is 4. The van der Waals surface area contributed by atoms with E-state index in [0.29, 0.717) is 6.42 Å². The highest BCUT2D eigenvalue weighted by Crippen LogP contribution is 2.10. The molecule has 0 aliphatic rings. The van der Waals surface area contributed by atoms with Crippen molar-refractivity contribution in [3.05, 3.63) is 0 Å². The molecule has 1 atom stereocenters. The highest BCUT2D eigenvalue weighted by molar-refractivity contribution is 5.78. The molecule has 0 bridgehead atoms. The summed E-state index contributed by atoms with van der Waals surface area (Å²) < 4.78 is 0. The predicted octanol–water partition coefficient (Wildman–Crippen LogP) is 2.01. The van der Waals surface area contributed by atoms with Crippen LogP contribution in [0.5, 0.6) is 0 Å². The lowest BCUT2D eigenvalue weighted by Gasteiger charge is -2.06. The van der Waals surface area contributed by atoms with Crippen molar-refractivity contribution in [2.24, 2.45) is 5.92 Å². The van der Waals surface area contributed by atoms with Crippen LogP contribution in [0.15, 0.2) is 0 Å². The van der Waals surface area contributed by atoms with Gasteiger partial charge < -0.3 is 0 Å². The molecule has 0 saturated heterocycles. The van der Waals surface area contributed by atoms with Crippen molar-refractivity contribution in [3.8, 4) is 12.3 Å². The molecule has 0 unspecified atom stereocenters. The van der Waals surface area contributed by atoms with E-state index in [9.17, 15) is 4.79 Å². The largest absolute Gasteiger partial charge is 0.300 e. The molecule has 0 rings (SSSR count). The van der Waals surface area contributed by atoms with Gasteiger partial charge in [-0.25, -0.2) is 0 Å². The number of carbonyl (C=O) groups is 1. The Kier molecular flexibility index (Phi) is 4.66. The lowest BCUT2D eigenvalue weighted by Crippen LogP contribution is -2.09. The van der Waals surface area contributed by atoms with Crippen molar-refractivity contribution >= 4 is 5.78 Å². The third-order valence-electron chi connectivity index (χ3n) is 1.58. The van der Waals surface area contributed by atoms with Crippen molar-refractivity contribution < 1.29 is 4.79 Å². The Bertz CT molecular complexity index is 141. The number of hydrogen-bond acceptors (Lipinski definition) is 1. The lowest BCUT2D eigenvalue weighted by atomic mass is 9.96. The molecule has 0 heterocycles. The lowest BCUT2D eigenvalue weighted by molar-refractivity contribution is -0.120. The zero-order valence-corrected chi connectivity index (χ0v) is 6.68. The SMILES string of the molecule is C#CC[C@H](CCC)C(C)=O. The smallest absolute Gasteiger partial charge is 0.133 e. The van der Waals surface area contributed by atoms with Gasteiger partial charge in [0.05, 0.1) is 0 Å². The molecule has 56 valence electrons. The molecule has 0 spiro atoms. The molecule has 0 saturated carbocycles. The molecule has 0 N–H and O–H groups in total. The molecule has 0 aliphatic heterocycles. The number of ketones is 1. The van der Waals surface area contributed by atoms with Crippen molar-refractivity contribution in [1.82, 2.24) is 0 Å². The van der Waals surface area contributed by atoms with Crippen LogP contribution < -0.4 is 0 Å². The highest BCUT2D eigenvalue weighted by atomic mass is 16.1. The van der Waals surface area contributed by atoms with Gasteiger partial charge in [0.2, 0.25) is 0 Å². The molecule has 0 aromatic carbocycles. The van der Waals surface area contributed by atoms with E-state index in [1.807, 2.05) is 0 Å². The molecule has 0 aromatic heterocycles. The summed E-state index contributed by atoms with van der Waals surface area (Å²) >= 11 is 0. The van der Waals surface area contributed by atoms with Crippen molar-refractivity contribution in [2.45, 2.75) is 33.1 Å². The fourth-order valence-corrected chi connectivity index (χ4v) is 0.940. The van der Waals surface area contributed by atoms with Crippen LogP contribution in [0, 0.1) is 18.3 Å². The van der Waals surface area contributed by atoms with Gasteiger partial charge in [-0.15, -0.1) is 12.3 Å². The van der Waals surface area contributed by atoms with Crippen molar-refractivity contribution in [2.75, 3.05) is 0 Å². The second-order valence-electron chi connectivity index (χ2n) is 2.50. The molecule has 1 heteroatoms. The molecular formula is C9H14O. The van der Waals surface area contributed by atoms with E-state index in [4.69, 9.17) is 6.42 Å². The van der Waals surface area contributed by atoms with Crippen molar-refractivity contribution in [1.29, 1.82) is 0 Å². The number of terminal acetylenes is 1. The Morgan fingerprint density at radius 3 is 2.60 bits per heavy atom. The summed E-state index contributed by atoms with van der Waals surface area (Å²) in [6.45, 7) is 3.67. The second-order valence-corrected chi connectivity index (χ2v) is 2.50. The Morgan fingerprint density at radius 1 is 1.70 bits per heavy atom. The highest BCUT2D eigenvalue weighted by Gasteiger charge is 2.10. The summed E-state index contributed by atoms with van der Waals surface area (Å²) in [7, 11) is 0. The maximum Gasteiger partial charge on any atom is 0.133 e. The Labute approximate surface area is 62.8 Å². The minimum atomic E-state index is 0.106. The molecule has 0 aliphatic carbocycles. The maximum atomic E-state index is 10.8. The van der Waals surface area contributed by atoms with Crippen LogP contribution in [-0.4, -0.2) is 5.78 Å². The molecule has 0 aromatic rings. The molecule has 1 nitrogen and oxygen atoms in total. The average molecular weight is 138 g/mol. The molecule has 0 fully saturated rings. The summed E-state index contributed by atoms with van der Waals surface area (Å²) in [5.41, 5.74) is 0. The topological polar surface area (TPSA) is 17.1 Å². The van der Waals surface area contributed by atoms with Crippen molar-refractivity contribution in [3.63, 3.8) is 0 Å². The number of Topliss-reactive ketones (excluding diaryl/α,β-unsaturated/α-hetero) is 1. The van der Waals surface area contributed by atoms with Crippen LogP contribution in [-0.2, 0) is 4.79 Å². The van der Waals surface area contributed by atoms with E-state index >= 15 is 0 Å². The van der Waals surface area contributed by atoms with E-state index < -0.39 is 0 Å². The standard InChI is InChI=1S/C9H14O/c1-4-6-9(7-5-2)8(3)10/h1,9H,5-7H2,2-3H3/t9-/m1/s1. The first-order valence-electron chi connectivity index (χ1n) is 3.66. The first-order valence-corrected chi connectivity index (χ1v) is 3.66. The van der Waals surface area contributed by atoms with Gasteiger partial charge >= 0.3 is 0 Å². The fourth-order valence-electron chi connectivity index (χ4n) is 0.940. The van der Waals surface area contributed by atoms with Gasteiger partial charge in [0.1, 0.15) is 5.78 Å². The number of hydrogen-bond donors (Lipinski definition) is 0. The first-order chi connectivity index (χ1) is 4.72. The third-order valence-corrected chi connectivity index (χ3v) is 1.58. The Hall–Kier alpha value is -0.770. The maximum absolute atomic E-state index is 10.8. The predicted molar refractivity (Wildman–Crippen MR) is 42.5 cm³/mol. The molecule has 0 amide bonds. The minimum absolute atomic E-state index is 0.106. The van der Waals surface area contributed by atoms with Crippen LogP contribution >= 0.6 is 0 Å². The summed E-state index contributed by atoms with van der Waals surface area (Å²) in [5.74, 6) is 2.84. The van der Waals surface area contributed by atoms with Gasteiger partial charge in [0.25, 0.3) is 0 Å². The van der Waals surface area contributed by atoms with Crippen LogP contribution in [0.2, 0.25) is 0 Å². The molecular weight excluding hydrogens is 124 g/mol. The van der Waals surface area contributed by atoms with Gasteiger partial charge in [-0.1, -0.05) is 13.3 Å². The monoisotopic (exact) mass is 138 g/mol. The average Bonchev–Trinajstić information content (AvgIpc) is 1.87. The van der Waals surface area contributed by atoms with E-state index in [2.05, 4.69) is 12.8 Å². The van der Waals surface area contributed by atoms with Crippen LogP contribution in [0.3, 0.4) is 0 Å². The van der Waals surface area contributed by atoms with E-state index in [0.717, 1.165) is 12.8 Å². The van der Waals surface area contributed by atoms with Crippen LogP contribution in [0.1, 0.15) is 33.1 Å². The van der Waals surface area contributed by atoms with E-state index in [1.165, 1.54) is 0 Å². The van der Waals surface area contributed by atoms with Gasteiger partial charge in [-0.3, -0.25) is 4.79 Å². The summed E-state index contributed by atoms with van der Waals surface area (Å²) in [6, 6.07) is 0.